The molecule has 0 aromatic heterocycles. The van der Waals surface area contributed by atoms with Gasteiger partial charge in [-0.2, -0.15) is 0 Å². The fraction of sp³-hybridized carbons (Fsp3) is 0.300. The van der Waals surface area contributed by atoms with E-state index in [9.17, 15) is 14.0 Å². The molecule has 1 aromatic carbocycles. The van der Waals surface area contributed by atoms with Crippen LogP contribution in [-0.4, -0.2) is 39.1 Å². The van der Waals surface area contributed by atoms with Crippen molar-refractivity contribution < 1.29 is 19.1 Å². The van der Waals surface area contributed by atoms with Crippen LogP contribution >= 0.6 is 11.8 Å². The van der Waals surface area contributed by atoms with Gasteiger partial charge in [0.2, 0.25) is 5.91 Å². The summed E-state index contributed by atoms with van der Waals surface area (Å²) in [5.74, 6) is -1.74. The number of aliphatic carboxylic acids is 1. The van der Waals surface area contributed by atoms with Crippen LogP contribution < -0.4 is 0 Å². The van der Waals surface area contributed by atoms with E-state index in [-0.39, 0.29) is 12.3 Å². The van der Waals surface area contributed by atoms with Crippen LogP contribution in [0, 0.1) is 0 Å². The van der Waals surface area contributed by atoms with Gasteiger partial charge in [-0.15, -0.1) is 11.8 Å². The van der Waals surface area contributed by atoms with Gasteiger partial charge in [0.15, 0.2) is 0 Å². The van der Waals surface area contributed by atoms with Gasteiger partial charge in [0.05, 0.1) is 11.7 Å². The number of hydrogen-bond acceptors (Lipinski definition) is 3. The van der Waals surface area contributed by atoms with Crippen LogP contribution in [-0.2, 0) is 16.0 Å². The van der Waals surface area contributed by atoms with Crippen LogP contribution in [0.3, 0.4) is 0 Å². The smallest absolute Gasteiger partial charge is 0.305 e. The summed E-state index contributed by atoms with van der Waals surface area (Å²) in [6.45, 7) is 5.59. The van der Waals surface area contributed by atoms with Gasteiger partial charge < -0.3 is 10.0 Å². The fourth-order valence-corrected chi connectivity index (χ4v) is 4.31. The lowest BCUT2D eigenvalue weighted by Gasteiger charge is -2.25. The molecule has 0 saturated carbocycles. The Morgan fingerprint density at radius 3 is 2.65 bits per heavy atom. The molecule has 0 aliphatic carbocycles. The summed E-state index contributed by atoms with van der Waals surface area (Å²) in [5.41, 5.74) is 1.40. The number of nitrogens with zero attached hydrogens (tertiary/aromatic N) is 1. The van der Waals surface area contributed by atoms with Gasteiger partial charge in [-0.1, -0.05) is 55.1 Å². The van der Waals surface area contributed by atoms with Gasteiger partial charge >= 0.3 is 5.97 Å². The molecular weight excluding hydrogens is 353 g/mol. The normalized spacial score (nSPS) is 21.2. The molecule has 1 aliphatic rings. The monoisotopic (exact) mass is 375 g/mol. The SMILES string of the molecule is C=C/C=C(\C(F)=C/C)C1SC(CC(=O)O)C(=O)N1CCc1ccccc1. The Balaban J connectivity index is 2.28. The maximum absolute atomic E-state index is 14.4. The predicted octanol–water partition coefficient (Wildman–Crippen LogP) is 3.96. The molecule has 6 heteroatoms. The van der Waals surface area contributed by atoms with Crippen molar-refractivity contribution in [2.24, 2.45) is 0 Å². The van der Waals surface area contributed by atoms with E-state index in [2.05, 4.69) is 6.58 Å². The highest BCUT2D eigenvalue weighted by molar-refractivity contribution is 8.01. The summed E-state index contributed by atoms with van der Waals surface area (Å²) >= 11 is 1.18. The second kappa shape index (κ2) is 9.38. The van der Waals surface area contributed by atoms with Crippen molar-refractivity contribution >= 4 is 23.6 Å². The first-order valence-corrected chi connectivity index (χ1v) is 9.28. The third-order valence-corrected chi connectivity index (χ3v) is 5.53. The number of allylic oxidation sites excluding steroid dienone is 3. The van der Waals surface area contributed by atoms with Gasteiger partial charge in [-0.25, -0.2) is 4.39 Å². The predicted molar refractivity (Wildman–Crippen MR) is 102 cm³/mol. The number of benzene rings is 1. The molecule has 138 valence electrons. The number of thioether (sulfide) groups is 1. The Morgan fingerprint density at radius 1 is 1.38 bits per heavy atom. The number of amides is 1. The second-order valence-electron chi connectivity index (χ2n) is 5.84. The van der Waals surface area contributed by atoms with Crippen molar-refractivity contribution in [3.05, 3.63) is 72.1 Å². The van der Waals surface area contributed by atoms with Crippen molar-refractivity contribution in [1.82, 2.24) is 4.90 Å². The van der Waals surface area contributed by atoms with E-state index in [0.717, 1.165) is 5.56 Å². The lowest BCUT2D eigenvalue weighted by molar-refractivity contribution is -0.139. The minimum absolute atomic E-state index is 0.266. The lowest BCUT2D eigenvalue weighted by atomic mass is 10.1. The van der Waals surface area contributed by atoms with Crippen LogP contribution in [0.1, 0.15) is 18.9 Å². The Hall–Kier alpha value is -2.34. The van der Waals surface area contributed by atoms with Crippen LogP contribution in [0.25, 0.3) is 0 Å². The topological polar surface area (TPSA) is 57.6 Å². The molecule has 2 rings (SSSR count). The molecule has 2 atom stereocenters. The minimum atomic E-state index is -1.04. The van der Waals surface area contributed by atoms with Gasteiger partial charge in [0.25, 0.3) is 0 Å². The summed E-state index contributed by atoms with van der Waals surface area (Å²) < 4.78 is 14.4. The molecule has 1 N–H and O–H groups in total. The van der Waals surface area contributed by atoms with Gasteiger partial charge in [-0.05, 0) is 18.9 Å². The molecule has 1 aromatic rings. The molecule has 1 heterocycles. The number of carbonyl (C=O) groups is 2. The largest absolute Gasteiger partial charge is 0.481 e. The van der Waals surface area contributed by atoms with Gasteiger partial charge in [-0.3, -0.25) is 9.59 Å². The summed E-state index contributed by atoms with van der Waals surface area (Å²) in [4.78, 5) is 25.4. The number of carboxylic acids is 1. The van der Waals surface area contributed by atoms with Gasteiger partial charge in [0, 0.05) is 12.1 Å². The number of rotatable bonds is 8. The van der Waals surface area contributed by atoms with Crippen molar-refractivity contribution in [3.63, 3.8) is 0 Å². The number of carbonyl (C=O) groups excluding carboxylic acids is 1. The van der Waals surface area contributed by atoms with E-state index < -0.39 is 22.4 Å². The number of hydrogen-bond donors (Lipinski definition) is 1. The zero-order valence-corrected chi connectivity index (χ0v) is 15.4. The summed E-state index contributed by atoms with van der Waals surface area (Å²) in [6, 6.07) is 9.68. The Kier molecular flexibility index (Phi) is 7.21. The summed E-state index contributed by atoms with van der Waals surface area (Å²) in [7, 11) is 0. The Bertz CT molecular complexity index is 730. The highest BCUT2D eigenvalue weighted by atomic mass is 32.2. The van der Waals surface area contributed by atoms with Crippen molar-refractivity contribution in [2.45, 2.75) is 30.4 Å². The maximum atomic E-state index is 14.4. The molecular formula is C20H22FNO3S. The fourth-order valence-electron chi connectivity index (χ4n) is 2.82. The Morgan fingerprint density at radius 2 is 2.08 bits per heavy atom. The molecule has 1 fully saturated rings. The van der Waals surface area contributed by atoms with Crippen molar-refractivity contribution in [3.8, 4) is 0 Å². The zero-order chi connectivity index (χ0) is 19.1. The first-order valence-electron chi connectivity index (χ1n) is 8.34. The van der Waals surface area contributed by atoms with E-state index in [0.29, 0.717) is 18.5 Å². The first kappa shape index (κ1) is 20.0. The number of halogens is 1. The summed E-state index contributed by atoms with van der Waals surface area (Å²) in [5, 5.41) is 7.79. The molecule has 0 radical (unpaired) electrons. The molecule has 0 spiro atoms. The van der Waals surface area contributed by atoms with Crippen LogP contribution in [0.15, 0.2) is 66.5 Å². The molecule has 4 nitrogen and oxygen atoms in total. The van der Waals surface area contributed by atoms with E-state index in [4.69, 9.17) is 5.11 Å². The quantitative estimate of drug-likeness (QED) is 0.699. The zero-order valence-electron chi connectivity index (χ0n) is 14.6. The van der Waals surface area contributed by atoms with E-state index >= 15 is 0 Å². The molecule has 26 heavy (non-hydrogen) atoms. The molecule has 2 unspecified atom stereocenters. The van der Waals surface area contributed by atoms with Crippen LogP contribution in [0.5, 0.6) is 0 Å². The molecule has 1 saturated heterocycles. The molecule has 0 bridgehead atoms. The Labute approximate surface area is 157 Å². The summed E-state index contributed by atoms with van der Waals surface area (Å²) in [6.07, 6.45) is 4.69. The maximum Gasteiger partial charge on any atom is 0.305 e. The van der Waals surface area contributed by atoms with E-state index in [1.807, 2.05) is 30.3 Å². The average molecular weight is 375 g/mol. The van der Waals surface area contributed by atoms with E-state index in [1.54, 1.807) is 17.9 Å². The van der Waals surface area contributed by atoms with Gasteiger partial charge in [0.1, 0.15) is 11.2 Å². The average Bonchev–Trinajstić information content (AvgIpc) is 2.93. The first-order chi connectivity index (χ1) is 12.5. The third kappa shape index (κ3) is 4.85. The van der Waals surface area contributed by atoms with Crippen LogP contribution in [0.4, 0.5) is 4.39 Å². The third-order valence-electron chi connectivity index (χ3n) is 4.07. The lowest BCUT2D eigenvalue weighted by Crippen LogP contribution is -2.37. The number of carboxylic acid groups (broad SMARTS) is 1. The highest BCUT2D eigenvalue weighted by Crippen LogP contribution is 2.40. The van der Waals surface area contributed by atoms with Crippen molar-refractivity contribution in [2.75, 3.05) is 6.54 Å². The van der Waals surface area contributed by atoms with E-state index in [1.165, 1.54) is 23.9 Å². The molecule has 1 aliphatic heterocycles. The standard InChI is InChI=1S/C20H22FNO3S/c1-3-8-15(16(21)4-2)20-22(12-11-14-9-6-5-7-10-14)19(25)17(26-20)13-18(23)24/h3-10,17,20H,1,11-13H2,2H3,(H,23,24)/b15-8+,16-4+. The second-order valence-corrected chi connectivity index (χ2v) is 7.12. The van der Waals surface area contributed by atoms with Crippen LogP contribution in [0.2, 0.25) is 0 Å². The minimum Gasteiger partial charge on any atom is -0.481 e. The molecule has 1 amide bonds. The van der Waals surface area contributed by atoms with Crippen molar-refractivity contribution in [1.29, 1.82) is 0 Å². The highest BCUT2D eigenvalue weighted by Gasteiger charge is 2.43.